The summed E-state index contributed by atoms with van der Waals surface area (Å²) in [6.45, 7) is 11.5. The van der Waals surface area contributed by atoms with Gasteiger partial charge in [0.05, 0.1) is 29.0 Å². The van der Waals surface area contributed by atoms with Gasteiger partial charge in [-0.25, -0.2) is 0 Å². The van der Waals surface area contributed by atoms with E-state index in [4.69, 9.17) is 14.0 Å². The Morgan fingerprint density at radius 1 is 1.06 bits per heavy atom. The van der Waals surface area contributed by atoms with E-state index in [1.165, 1.54) is 5.56 Å². The molecule has 1 fully saturated rings. The number of rotatable bonds is 8. The highest BCUT2D eigenvalue weighted by Crippen LogP contribution is 2.22. The molecule has 1 aliphatic rings. The molecule has 34 heavy (non-hydrogen) atoms. The van der Waals surface area contributed by atoms with Crippen molar-refractivity contribution >= 4 is 5.91 Å². The second-order valence-corrected chi connectivity index (χ2v) is 9.04. The van der Waals surface area contributed by atoms with Gasteiger partial charge in [0.2, 0.25) is 0 Å². The molecule has 1 aromatic heterocycles. The minimum absolute atomic E-state index is 0.172. The average molecular weight is 464 g/mol. The first kappa shape index (κ1) is 24.0. The number of carbonyl (C=O) groups is 1. The first-order chi connectivity index (χ1) is 16.4. The molecule has 4 rings (SSSR count). The molecule has 1 N–H and O–H groups in total. The molecule has 7 nitrogen and oxygen atoms in total. The number of hydrogen-bond donors (Lipinski definition) is 1. The maximum atomic E-state index is 12.9. The van der Waals surface area contributed by atoms with E-state index in [0.717, 1.165) is 42.2 Å². The number of aryl methyl sites for hydroxylation is 2. The number of aromatic nitrogens is 1. The molecule has 1 aliphatic heterocycles. The van der Waals surface area contributed by atoms with Crippen LogP contribution in [0.25, 0.3) is 0 Å². The van der Waals surface area contributed by atoms with E-state index in [2.05, 4.69) is 53.5 Å². The van der Waals surface area contributed by atoms with Crippen molar-refractivity contribution in [1.82, 2.24) is 15.4 Å². The Balaban J connectivity index is 1.32. The maximum absolute atomic E-state index is 12.9. The van der Waals surface area contributed by atoms with Crippen molar-refractivity contribution in [3.8, 4) is 5.75 Å². The number of amides is 1. The summed E-state index contributed by atoms with van der Waals surface area (Å²) >= 11 is 0. The van der Waals surface area contributed by atoms with Gasteiger partial charge in [-0.1, -0.05) is 41.6 Å². The number of carbonyl (C=O) groups excluding carboxylic acids is 1. The van der Waals surface area contributed by atoms with Gasteiger partial charge in [-0.3, -0.25) is 9.69 Å². The SMILES string of the molecule is Cc1noc(C)c1COc1ccccc1C(=O)NCc1ccc(CN2CC(C)OC(C)C2)cc1. The molecular weight excluding hydrogens is 430 g/mol. The van der Waals surface area contributed by atoms with Gasteiger partial charge < -0.3 is 19.3 Å². The highest BCUT2D eigenvalue weighted by Gasteiger charge is 2.22. The third kappa shape index (κ3) is 6.04. The van der Waals surface area contributed by atoms with E-state index in [1.807, 2.05) is 26.0 Å². The first-order valence-electron chi connectivity index (χ1n) is 11.8. The zero-order valence-corrected chi connectivity index (χ0v) is 20.3. The van der Waals surface area contributed by atoms with Crippen LogP contribution in [0.15, 0.2) is 53.1 Å². The molecule has 1 amide bonds. The molecule has 0 radical (unpaired) electrons. The highest BCUT2D eigenvalue weighted by atomic mass is 16.5. The van der Waals surface area contributed by atoms with E-state index in [0.29, 0.717) is 24.5 Å². The highest BCUT2D eigenvalue weighted by molar-refractivity contribution is 5.96. The standard InChI is InChI=1S/C27H33N3O4/c1-18-14-30(15-19(2)33-18)16-23-11-9-22(10-12-23)13-28-27(31)24-7-5-6-8-26(24)32-17-25-20(3)29-34-21(25)4/h5-12,18-19H,13-17H2,1-4H3,(H,28,31). The molecule has 2 heterocycles. The summed E-state index contributed by atoms with van der Waals surface area (Å²) in [6, 6.07) is 15.7. The predicted octanol–water partition coefficient (Wildman–Crippen LogP) is 4.41. The molecule has 0 bridgehead atoms. The van der Waals surface area contributed by atoms with Crippen LogP contribution in [-0.2, 0) is 24.4 Å². The second-order valence-electron chi connectivity index (χ2n) is 9.04. The van der Waals surface area contributed by atoms with Crippen molar-refractivity contribution in [2.24, 2.45) is 0 Å². The smallest absolute Gasteiger partial charge is 0.255 e. The van der Waals surface area contributed by atoms with Crippen LogP contribution in [0.2, 0.25) is 0 Å². The van der Waals surface area contributed by atoms with Gasteiger partial charge in [-0.15, -0.1) is 0 Å². The Bertz CT molecular complexity index is 1080. The van der Waals surface area contributed by atoms with Gasteiger partial charge in [0, 0.05) is 26.2 Å². The lowest BCUT2D eigenvalue weighted by Gasteiger charge is -2.35. The fraction of sp³-hybridized carbons (Fsp3) is 0.407. The maximum Gasteiger partial charge on any atom is 0.255 e. The van der Waals surface area contributed by atoms with E-state index >= 15 is 0 Å². The Kier molecular flexibility index (Phi) is 7.65. The number of para-hydroxylation sites is 1. The van der Waals surface area contributed by atoms with Crippen molar-refractivity contribution in [3.05, 3.63) is 82.2 Å². The Hall–Kier alpha value is -3.16. The van der Waals surface area contributed by atoms with Crippen LogP contribution < -0.4 is 10.1 Å². The summed E-state index contributed by atoms with van der Waals surface area (Å²) in [5.41, 5.74) is 4.50. The topological polar surface area (TPSA) is 76.8 Å². The van der Waals surface area contributed by atoms with Crippen LogP contribution in [0.3, 0.4) is 0 Å². The van der Waals surface area contributed by atoms with Crippen molar-refractivity contribution in [1.29, 1.82) is 0 Å². The van der Waals surface area contributed by atoms with Crippen molar-refractivity contribution in [2.45, 2.75) is 59.6 Å². The summed E-state index contributed by atoms with van der Waals surface area (Å²) in [5, 5.41) is 6.96. The molecule has 2 aromatic carbocycles. The lowest BCUT2D eigenvalue weighted by molar-refractivity contribution is -0.0704. The predicted molar refractivity (Wildman–Crippen MR) is 130 cm³/mol. The average Bonchev–Trinajstić information content (AvgIpc) is 3.13. The Morgan fingerprint density at radius 2 is 1.74 bits per heavy atom. The van der Waals surface area contributed by atoms with Crippen molar-refractivity contribution in [2.75, 3.05) is 13.1 Å². The summed E-state index contributed by atoms with van der Waals surface area (Å²) in [5.74, 6) is 1.08. The molecule has 2 atom stereocenters. The molecule has 0 spiro atoms. The number of nitrogens with zero attached hydrogens (tertiary/aromatic N) is 2. The summed E-state index contributed by atoms with van der Waals surface area (Å²) in [4.78, 5) is 15.3. The fourth-order valence-electron chi connectivity index (χ4n) is 4.35. The molecule has 0 saturated carbocycles. The molecule has 2 unspecified atom stereocenters. The normalized spacial score (nSPS) is 18.6. The molecule has 180 valence electrons. The van der Waals surface area contributed by atoms with Gasteiger partial charge in [-0.05, 0) is 51.0 Å². The van der Waals surface area contributed by atoms with Crippen LogP contribution in [0.1, 0.15) is 52.3 Å². The van der Waals surface area contributed by atoms with E-state index in [-0.39, 0.29) is 18.1 Å². The number of benzene rings is 2. The van der Waals surface area contributed by atoms with Crippen molar-refractivity contribution < 1.29 is 18.8 Å². The summed E-state index contributed by atoms with van der Waals surface area (Å²) in [6.07, 6.45) is 0.518. The Labute approximate surface area is 201 Å². The van der Waals surface area contributed by atoms with Gasteiger partial charge in [0.25, 0.3) is 5.91 Å². The molecular formula is C27H33N3O4. The van der Waals surface area contributed by atoms with Gasteiger partial charge in [0.15, 0.2) is 0 Å². The summed E-state index contributed by atoms with van der Waals surface area (Å²) < 4.78 is 17.0. The molecule has 1 saturated heterocycles. The third-order valence-electron chi connectivity index (χ3n) is 6.06. The monoisotopic (exact) mass is 463 g/mol. The zero-order chi connectivity index (χ0) is 24.1. The second kappa shape index (κ2) is 10.8. The van der Waals surface area contributed by atoms with Gasteiger partial charge in [-0.2, -0.15) is 0 Å². The van der Waals surface area contributed by atoms with Crippen LogP contribution in [-0.4, -0.2) is 41.3 Å². The van der Waals surface area contributed by atoms with Gasteiger partial charge in [0.1, 0.15) is 18.1 Å². The van der Waals surface area contributed by atoms with Crippen LogP contribution in [0, 0.1) is 13.8 Å². The minimum atomic E-state index is -0.172. The molecule has 0 aliphatic carbocycles. The fourth-order valence-corrected chi connectivity index (χ4v) is 4.35. The van der Waals surface area contributed by atoms with Gasteiger partial charge >= 0.3 is 0 Å². The Morgan fingerprint density at radius 3 is 2.41 bits per heavy atom. The number of ether oxygens (including phenoxy) is 2. The lowest BCUT2D eigenvalue weighted by Crippen LogP contribution is -2.44. The van der Waals surface area contributed by atoms with E-state index < -0.39 is 0 Å². The molecule has 7 heteroatoms. The van der Waals surface area contributed by atoms with E-state index in [9.17, 15) is 4.79 Å². The van der Waals surface area contributed by atoms with Crippen molar-refractivity contribution in [3.63, 3.8) is 0 Å². The van der Waals surface area contributed by atoms with Crippen LogP contribution in [0.5, 0.6) is 5.75 Å². The minimum Gasteiger partial charge on any atom is -0.488 e. The first-order valence-corrected chi connectivity index (χ1v) is 11.8. The van der Waals surface area contributed by atoms with E-state index in [1.54, 1.807) is 12.1 Å². The largest absolute Gasteiger partial charge is 0.488 e. The number of hydrogen-bond acceptors (Lipinski definition) is 6. The molecule has 3 aromatic rings. The number of morpholine rings is 1. The zero-order valence-electron chi connectivity index (χ0n) is 20.3. The number of nitrogens with one attached hydrogen (secondary N) is 1. The van der Waals surface area contributed by atoms with Crippen LogP contribution >= 0.6 is 0 Å². The summed E-state index contributed by atoms with van der Waals surface area (Å²) in [7, 11) is 0. The third-order valence-corrected chi connectivity index (χ3v) is 6.06. The lowest BCUT2D eigenvalue weighted by atomic mass is 10.1. The van der Waals surface area contributed by atoms with Crippen LogP contribution in [0.4, 0.5) is 0 Å². The quantitative estimate of drug-likeness (QED) is 0.533.